The number of unbranched alkanes of at least 4 members (excludes halogenated alkanes) is 2. The minimum atomic E-state index is -0.260. The molecule has 1 N–H and O–H groups in total. The van der Waals surface area contributed by atoms with E-state index in [2.05, 4.69) is 17.5 Å². The molecule has 0 atom stereocenters. The van der Waals surface area contributed by atoms with Gasteiger partial charge in [0.2, 0.25) is 0 Å². The van der Waals surface area contributed by atoms with E-state index in [4.69, 9.17) is 4.74 Å². The summed E-state index contributed by atoms with van der Waals surface area (Å²) in [4.78, 5) is 12.0. The average molecular weight is 338 g/mol. The zero-order chi connectivity index (χ0) is 17.9. The fourth-order valence-corrected chi connectivity index (χ4v) is 2.38. The Morgan fingerprint density at radius 2 is 1.76 bits per heavy atom. The zero-order valence-electron chi connectivity index (χ0n) is 15.0. The highest BCUT2D eigenvalue weighted by Gasteiger charge is 2.06. The summed E-state index contributed by atoms with van der Waals surface area (Å²) in [5.74, 6) is 0.417. The maximum Gasteiger partial charge on any atom is 0.277 e. The second kappa shape index (κ2) is 10.3. The summed E-state index contributed by atoms with van der Waals surface area (Å²) < 4.78 is 5.48. The number of hydrogen-bond acceptors (Lipinski definition) is 3. The number of ether oxygens (including phenoxy) is 1. The first kappa shape index (κ1) is 18.7. The third-order valence-corrected chi connectivity index (χ3v) is 3.83. The number of hydrazone groups is 1. The maximum atomic E-state index is 12.0. The molecule has 0 aliphatic heterocycles. The Kier molecular flexibility index (Phi) is 7.70. The molecule has 2 aromatic carbocycles. The number of aryl methyl sites for hydroxylation is 1. The number of rotatable bonds is 9. The summed E-state index contributed by atoms with van der Waals surface area (Å²) in [6.07, 6.45) is 4.20. The van der Waals surface area contributed by atoms with Gasteiger partial charge in [0.15, 0.2) is 6.61 Å². The van der Waals surface area contributed by atoms with Crippen LogP contribution >= 0.6 is 0 Å². The largest absolute Gasteiger partial charge is 0.484 e. The molecule has 0 bridgehead atoms. The van der Waals surface area contributed by atoms with Gasteiger partial charge in [-0.3, -0.25) is 4.79 Å². The van der Waals surface area contributed by atoms with Gasteiger partial charge in [0.1, 0.15) is 5.75 Å². The summed E-state index contributed by atoms with van der Waals surface area (Å²) in [7, 11) is 0. The molecule has 0 heterocycles. The van der Waals surface area contributed by atoms with Crippen molar-refractivity contribution in [2.75, 3.05) is 6.61 Å². The Morgan fingerprint density at radius 3 is 2.44 bits per heavy atom. The predicted octanol–water partition coefficient (Wildman–Crippen LogP) is 4.47. The Hall–Kier alpha value is -2.62. The molecule has 25 heavy (non-hydrogen) atoms. The summed E-state index contributed by atoms with van der Waals surface area (Å²) in [5, 5.41) is 4.33. The lowest BCUT2D eigenvalue weighted by molar-refractivity contribution is -0.123. The van der Waals surface area contributed by atoms with Crippen LogP contribution in [0.15, 0.2) is 59.7 Å². The van der Waals surface area contributed by atoms with Crippen molar-refractivity contribution in [3.63, 3.8) is 0 Å². The molecule has 0 aliphatic rings. The van der Waals surface area contributed by atoms with Crippen LogP contribution in [0.3, 0.4) is 0 Å². The van der Waals surface area contributed by atoms with Gasteiger partial charge in [-0.1, -0.05) is 67.8 Å². The van der Waals surface area contributed by atoms with Crippen LogP contribution in [-0.2, 0) is 4.79 Å². The van der Waals surface area contributed by atoms with Crippen LogP contribution in [0, 0.1) is 6.92 Å². The fourth-order valence-electron chi connectivity index (χ4n) is 2.38. The fraction of sp³-hybridized carbons (Fsp3) is 0.333. The third-order valence-electron chi connectivity index (χ3n) is 3.83. The summed E-state index contributed by atoms with van der Waals surface area (Å²) in [5.41, 5.74) is 5.71. The third kappa shape index (κ3) is 6.79. The minimum Gasteiger partial charge on any atom is -0.484 e. The van der Waals surface area contributed by atoms with E-state index in [0.29, 0.717) is 5.75 Å². The van der Waals surface area contributed by atoms with Gasteiger partial charge in [-0.2, -0.15) is 5.10 Å². The lowest BCUT2D eigenvalue weighted by Crippen LogP contribution is -2.26. The highest BCUT2D eigenvalue weighted by atomic mass is 16.5. The van der Waals surface area contributed by atoms with Crippen molar-refractivity contribution in [3.05, 3.63) is 65.7 Å². The van der Waals surface area contributed by atoms with E-state index in [9.17, 15) is 4.79 Å². The average Bonchev–Trinajstić information content (AvgIpc) is 2.65. The van der Waals surface area contributed by atoms with Crippen LogP contribution in [0.2, 0.25) is 0 Å². The van der Waals surface area contributed by atoms with Crippen LogP contribution in [0.5, 0.6) is 5.75 Å². The Bertz CT molecular complexity index is 679. The smallest absolute Gasteiger partial charge is 0.277 e. The van der Waals surface area contributed by atoms with Crippen LogP contribution < -0.4 is 10.2 Å². The van der Waals surface area contributed by atoms with Crippen molar-refractivity contribution in [2.24, 2.45) is 5.10 Å². The molecule has 2 rings (SSSR count). The van der Waals surface area contributed by atoms with E-state index in [0.717, 1.165) is 42.5 Å². The van der Waals surface area contributed by atoms with Gasteiger partial charge in [0.05, 0.1) is 5.71 Å². The second-order valence-corrected chi connectivity index (χ2v) is 6.02. The zero-order valence-corrected chi connectivity index (χ0v) is 15.0. The van der Waals surface area contributed by atoms with E-state index in [1.807, 2.05) is 61.5 Å². The van der Waals surface area contributed by atoms with Gasteiger partial charge in [-0.05, 0) is 37.5 Å². The molecular weight excluding hydrogens is 312 g/mol. The molecule has 132 valence electrons. The molecule has 0 unspecified atom stereocenters. The van der Waals surface area contributed by atoms with Gasteiger partial charge >= 0.3 is 0 Å². The number of benzene rings is 2. The first-order valence-electron chi connectivity index (χ1n) is 8.79. The molecule has 4 nitrogen and oxygen atoms in total. The van der Waals surface area contributed by atoms with E-state index >= 15 is 0 Å². The molecule has 0 aromatic heterocycles. The first-order valence-corrected chi connectivity index (χ1v) is 8.79. The first-order chi connectivity index (χ1) is 12.2. The quantitative estimate of drug-likeness (QED) is 0.416. The van der Waals surface area contributed by atoms with Gasteiger partial charge in [-0.15, -0.1) is 0 Å². The summed E-state index contributed by atoms with van der Waals surface area (Å²) in [6.45, 7) is 4.13. The van der Waals surface area contributed by atoms with E-state index in [1.54, 1.807) is 0 Å². The Labute approximate surface area is 149 Å². The van der Waals surface area contributed by atoms with E-state index in [1.165, 1.54) is 0 Å². The summed E-state index contributed by atoms with van der Waals surface area (Å²) in [6, 6.07) is 17.6. The molecule has 0 saturated carbocycles. The van der Waals surface area contributed by atoms with Gasteiger partial charge in [0, 0.05) is 0 Å². The minimum absolute atomic E-state index is 0.0520. The highest BCUT2D eigenvalue weighted by molar-refractivity contribution is 6.01. The molecule has 1 amide bonds. The summed E-state index contributed by atoms with van der Waals surface area (Å²) >= 11 is 0. The lowest BCUT2D eigenvalue weighted by Gasteiger charge is -2.08. The second-order valence-electron chi connectivity index (χ2n) is 6.02. The van der Waals surface area contributed by atoms with Gasteiger partial charge in [0.25, 0.3) is 5.91 Å². The molecule has 0 aliphatic carbocycles. The normalized spacial score (nSPS) is 11.2. The number of hydrogen-bond donors (Lipinski definition) is 1. The van der Waals surface area contributed by atoms with Crippen LogP contribution in [-0.4, -0.2) is 18.2 Å². The molecule has 0 spiro atoms. The molecule has 0 radical (unpaired) electrons. The predicted molar refractivity (Wildman–Crippen MR) is 102 cm³/mol. The molecule has 0 fully saturated rings. The van der Waals surface area contributed by atoms with Crippen LogP contribution in [0.1, 0.15) is 43.7 Å². The maximum absolute atomic E-state index is 12.0. The standard InChI is InChI=1S/C21H26N2O2/c1-3-4-6-11-20(18-9-7-5-8-10-18)22-23-21(24)16-25-19-14-12-17(2)13-15-19/h5,7-10,12-15H,3-4,6,11,16H2,1-2H3,(H,23,24). The molecule has 2 aromatic rings. The number of carbonyl (C=O) groups is 1. The number of nitrogens with one attached hydrogen (secondary N) is 1. The van der Waals surface area contributed by atoms with Crippen LogP contribution in [0.4, 0.5) is 0 Å². The van der Waals surface area contributed by atoms with Gasteiger partial charge in [-0.25, -0.2) is 5.43 Å². The highest BCUT2D eigenvalue weighted by Crippen LogP contribution is 2.11. The van der Waals surface area contributed by atoms with Crippen molar-refractivity contribution >= 4 is 11.6 Å². The van der Waals surface area contributed by atoms with Crippen molar-refractivity contribution in [3.8, 4) is 5.75 Å². The Morgan fingerprint density at radius 1 is 1.04 bits per heavy atom. The number of nitrogens with zero attached hydrogens (tertiary/aromatic N) is 1. The van der Waals surface area contributed by atoms with Crippen LogP contribution in [0.25, 0.3) is 0 Å². The van der Waals surface area contributed by atoms with Crippen molar-refractivity contribution in [2.45, 2.75) is 39.5 Å². The van der Waals surface area contributed by atoms with E-state index in [-0.39, 0.29) is 12.5 Å². The molecule has 4 heteroatoms. The van der Waals surface area contributed by atoms with Gasteiger partial charge < -0.3 is 4.74 Å². The lowest BCUT2D eigenvalue weighted by atomic mass is 10.0. The molecule has 0 saturated heterocycles. The molecular formula is C21H26N2O2. The van der Waals surface area contributed by atoms with Crippen molar-refractivity contribution in [1.29, 1.82) is 0 Å². The van der Waals surface area contributed by atoms with Crippen molar-refractivity contribution in [1.82, 2.24) is 5.43 Å². The van der Waals surface area contributed by atoms with E-state index < -0.39 is 0 Å². The monoisotopic (exact) mass is 338 g/mol. The SMILES string of the molecule is CCCCCC(=NNC(=O)COc1ccc(C)cc1)c1ccccc1. The Balaban J connectivity index is 1.91. The van der Waals surface area contributed by atoms with Crippen molar-refractivity contribution < 1.29 is 9.53 Å². The number of amides is 1. The topological polar surface area (TPSA) is 50.7 Å². The number of carbonyl (C=O) groups excluding carboxylic acids is 1.